The van der Waals surface area contributed by atoms with E-state index < -0.39 is 0 Å². The average molecular weight is 274 g/mol. The van der Waals surface area contributed by atoms with Crippen molar-refractivity contribution < 1.29 is 14.6 Å². The number of benzene rings is 1. The van der Waals surface area contributed by atoms with Crippen LogP contribution in [0.5, 0.6) is 0 Å². The third kappa shape index (κ3) is 3.19. The Morgan fingerprint density at radius 2 is 2.25 bits per heavy atom. The number of unbranched alkanes of at least 4 members (excludes halogenated alkanes) is 2. The highest BCUT2D eigenvalue weighted by Gasteiger charge is 2.14. The molecule has 0 bridgehead atoms. The molecular formula is C14H19BN2O3. The van der Waals surface area contributed by atoms with Crippen LogP contribution in [0.2, 0.25) is 6.32 Å². The van der Waals surface area contributed by atoms with Gasteiger partial charge in [-0.3, -0.25) is 0 Å². The predicted octanol–water partition coefficient (Wildman–Crippen LogP) is 1.76. The standard InChI is InChI=1S/C14H19BN2O3/c1-20-14(18)11-6-5-7-12-13(11)17(10-16-12)9-4-2-3-8-15-19/h5-7,10,15,19H,2-4,8-9H2,1H3. The average Bonchev–Trinajstić information content (AvgIpc) is 2.89. The second kappa shape index (κ2) is 7.10. The molecule has 1 aromatic carbocycles. The molecule has 2 rings (SSSR count). The largest absolute Gasteiger partial charge is 0.465 e. The van der Waals surface area contributed by atoms with E-state index in [1.54, 1.807) is 12.4 Å². The van der Waals surface area contributed by atoms with Gasteiger partial charge in [-0.15, -0.1) is 0 Å². The maximum atomic E-state index is 11.8. The molecule has 0 saturated carbocycles. The second-order valence-corrected chi connectivity index (χ2v) is 4.74. The topological polar surface area (TPSA) is 64.3 Å². The zero-order valence-electron chi connectivity index (χ0n) is 11.7. The summed E-state index contributed by atoms with van der Waals surface area (Å²) in [6.07, 6.45) is 5.69. The summed E-state index contributed by atoms with van der Waals surface area (Å²) in [5.74, 6) is -0.336. The number of methoxy groups -OCH3 is 1. The first-order valence-corrected chi connectivity index (χ1v) is 6.91. The molecule has 0 fully saturated rings. The number of rotatable bonds is 7. The number of ether oxygens (including phenoxy) is 1. The Morgan fingerprint density at radius 1 is 1.40 bits per heavy atom. The summed E-state index contributed by atoms with van der Waals surface area (Å²) in [4.78, 5) is 16.1. The van der Waals surface area contributed by atoms with Crippen molar-refractivity contribution in [2.75, 3.05) is 7.11 Å². The van der Waals surface area contributed by atoms with Gasteiger partial charge in [-0.1, -0.05) is 25.2 Å². The molecule has 106 valence electrons. The lowest BCUT2D eigenvalue weighted by molar-refractivity contribution is 0.0602. The molecule has 1 heterocycles. The SMILES string of the molecule is COC(=O)c1cccc2ncn(CCCCCBO)c12. The molecule has 2 aromatic rings. The van der Waals surface area contributed by atoms with Gasteiger partial charge in [0, 0.05) is 6.54 Å². The van der Waals surface area contributed by atoms with E-state index in [4.69, 9.17) is 9.76 Å². The van der Waals surface area contributed by atoms with Crippen LogP contribution < -0.4 is 0 Å². The quantitative estimate of drug-likeness (QED) is 0.474. The van der Waals surface area contributed by atoms with Gasteiger partial charge >= 0.3 is 5.97 Å². The molecule has 0 atom stereocenters. The lowest BCUT2D eigenvalue weighted by Gasteiger charge is -2.07. The number of hydrogen-bond donors (Lipinski definition) is 1. The fraction of sp³-hybridized carbons (Fsp3) is 0.429. The van der Waals surface area contributed by atoms with Crippen molar-refractivity contribution in [1.82, 2.24) is 9.55 Å². The van der Waals surface area contributed by atoms with Gasteiger partial charge in [0.1, 0.15) is 0 Å². The smallest absolute Gasteiger partial charge is 0.340 e. The van der Waals surface area contributed by atoms with Gasteiger partial charge < -0.3 is 14.3 Å². The van der Waals surface area contributed by atoms with Gasteiger partial charge in [0.25, 0.3) is 7.48 Å². The molecule has 20 heavy (non-hydrogen) atoms. The van der Waals surface area contributed by atoms with Gasteiger partial charge in [0.05, 0.1) is 30.0 Å². The van der Waals surface area contributed by atoms with Crippen molar-refractivity contribution in [2.45, 2.75) is 32.1 Å². The zero-order valence-corrected chi connectivity index (χ0v) is 11.7. The third-order valence-corrected chi connectivity index (χ3v) is 3.35. The van der Waals surface area contributed by atoms with Crippen LogP contribution in [-0.2, 0) is 11.3 Å². The Hall–Kier alpha value is -1.82. The number of carbonyl (C=O) groups excluding carboxylic acids is 1. The van der Waals surface area contributed by atoms with E-state index in [1.165, 1.54) is 7.11 Å². The van der Waals surface area contributed by atoms with Crippen LogP contribution in [0.3, 0.4) is 0 Å². The fourth-order valence-corrected chi connectivity index (χ4v) is 2.32. The number of aromatic nitrogens is 2. The van der Waals surface area contributed by atoms with Gasteiger partial charge in [-0.25, -0.2) is 9.78 Å². The van der Waals surface area contributed by atoms with E-state index >= 15 is 0 Å². The van der Waals surface area contributed by atoms with Crippen molar-refractivity contribution in [1.29, 1.82) is 0 Å². The highest BCUT2D eigenvalue weighted by Crippen LogP contribution is 2.19. The summed E-state index contributed by atoms with van der Waals surface area (Å²) in [6, 6.07) is 5.47. The fourth-order valence-electron chi connectivity index (χ4n) is 2.32. The minimum Gasteiger partial charge on any atom is -0.465 e. The van der Waals surface area contributed by atoms with Crippen LogP contribution in [0.4, 0.5) is 0 Å². The Balaban J connectivity index is 2.15. The molecule has 1 aromatic heterocycles. The van der Waals surface area contributed by atoms with Gasteiger partial charge in [0.2, 0.25) is 0 Å². The van der Waals surface area contributed by atoms with Crippen molar-refractivity contribution >= 4 is 24.5 Å². The van der Waals surface area contributed by atoms with Gasteiger partial charge in [0.15, 0.2) is 0 Å². The third-order valence-electron chi connectivity index (χ3n) is 3.35. The van der Waals surface area contributed by atoms with E-state index in [9.17, 15) is 4.79 Å². The summed E-state index contributed by atoms with van der Waals surface area (Å²) < 4.78 is 6.82. The van der Waals surface area contributed by atoms with Crippen LogP contribution in [0.25, 0.3) is 11.0 Å². The molecule has 0 aliphatic rings. The maximum Gasteiger partial charge on any atom is 0.340 e. The van der Waals surface area contributed by atoms with E-state index in [-0.39, 0.29) is 13.5 Å². The first-order valence-electron chi connectivity index (χ1n) is 6.91. The Labute approximate surface area is 118 Å². The number of carbonyl (C=O) groups is 1. The molecule has 0 saturated heterocycles. The Morgan fingerprint density at radius 3 is 3.00 bits per heavy atom. The molecule has 0 radical (unpaired) electrons. The normalized spacial score (nSPS) is 10.7. The molecule has 0 aliphatic heterocycles. The first-order chi connectivity index (χ1) is 9.77. The molecule has 0 unspecified atom stereocenters. The van der Waals surface area contributed by atoms with Crippen LogP contribution in [-0.4, -0.2) is 35.1 Å². The van der Waals surface area contributed by atoms with E-state index in [0.29, 0.717) is 5.56 Å². The summed E-state index contributed by atoms with van der Waals surface area (Å²) in [5, 5.41) is 8.75. The number of hydrogen-bond acceptors (Lipinski definition) is 4. The molecule has 6 heteroatoms. The van der Waals surface area contributed by atoms with Crippen molar-refractivity contribution in [3.05, 3.63) is 30.1 Å². The molecular weight excluding hydrogens is 255 g/mol. The van der Waals surface area contributed by atoms with Crippen LogP contribution >= 0.6 is 0 Å². The number of imidazole rings is 1. The lowest BCUT2D eigenvalue weighted by atomic mass is 9.92. The van der Waals surface area contributed by atoms with Gasteiger partial charge in [-0.2, -0.15) is 0 Å². The van der Waals surface area contributed by atoms with Crippen molar-refractivity contribution in [3.8, 4) is 0 Å². The van der Waals surface area contributed by atoms with Crippen LogP contribution in [0.1, 0.15) is 29.6 Å². The number of nitrogens with zero attached hydrogens (tertiary/aromatic N) is 2. The second-order valence-electron chi connectivity index (χ2n) is 4.74. The minimum absolute atomic E-state index is 0.250. The number of esters is 1. The molecule has 0 spiro atoms. The number of para-hydroxylation sites is 1. The molecule has 1 N–H and O–H groups in total. The monoisotopic (exact) mass is 274 g/mol. The summed E-state index contributed by atoms with van der Waals surface area (Å²) in [7, 11) is 1.64. The molecule has 0 amide bonds. The van der Waals surface area contributed by atoms with Crippen molar-refractivity contribution in [3.63, 3.8) is 0 Å². The minimum atomic E-state index is -0.336. The summed E-state index contributed by atoms with van der Waals surface area (Å²) >= 11 is 0. The molecule has 5 nitrogen and oxygen atoms in total. The predicted molar refractivity (Wildman–Crippen MR) is 79.1 cm³/mol. The highest BCUT2D eigenvalue weighted by molar-refractivity contribution is 6.25. The Bertz CT molecular complexity index is 583. The number of aryl methyl sites for hydroxylation is 1. The van der Waals surface area contributed by atoms with E-state index in [2.05, 4.69) is 4.98 Å². The van der Waals surface area contributed by atoms with E-state index in [0.717, 1.165) is 43.2 Å². The van der Waals surface area contributed by atoms with Crippen molar-refractivity contribution in [2.24, 2.45) is 0 Å². The number of fused-ring (bicyclic) bond motifs is 1. The lowest BCUT2D eigenvalue weighted by Crippen LogP contribution is -2.06. The van der Waals surface area contributed by atoms with E-state index in [1.807, 2.05) is 16.7 Å². The molecule has 0 aliphatic carbocycles. The summed E-state index contributed by atoms with van der Waals surface area (Å²) in [6.45, 7) is 0.815. The van der Waals surface area contributed by atoms with Crippen LogP contribution in [0.15, 0.2) is 24.5 Å². The van der Waals surface area contributed by atoms with Crippen LogP contribution in [0, 0.1) is 0 Å². The maximum absolute atomic E-state index is 11.8. The van der Waals surface area contributed by atoms with Gasteiger partial charge in [-0.05, 0) is 18.6 Å². The first kappa shape index (κ1) is 14.6. The zero-order chi connectivity index (χ0) is 14.4. The Kier molecular flexibility index (Phi) is 5.18. The summed E-state index contributed by atoms with van der Waals surface area (Å²) in [5.41, 5.74) is 2.20. The highest BCUT2D eigenvalue weighted by atomic mass is 16.5.